The topological polar surface area (TPSA) is 73.9 Å². The molecule has 5 nitrogen and oxygen atoms in total. The Morgan fingerprint density at radius 1 is 1.00 bits per heavy atom. The molecular weight excluding hydrogens is 251 g/mol. The second-order valence-electron chi connectivity index (χ2n) is 2.80. The highest BCUT2D eigenvalue weighted by atomic mass is 35.5. The van der Waals surface area contributed by atoms with Gasteiger partial charge in [0.05, 0.1) is 0 Å². The van der Waals surface area contributed by atoms with Crippen molar-refractivity contribution in [2.75, 3.05) is 5.73 Å². The number of anilines is 1. The van der Waals surface area contributed by atoms with Gasteiger partial charge in [-0.25, -0.2) is 0 Å². The van der Waals surface area contributed by atoms with Crippen molar-refractivity contribution in [2.24, 2.45) is 0 Å². The van der Waals surface area contributed by atoms with E-state index in [0.717, 1.165) is 0 Å². The zero-order valence-corrected chi connectivity index (χ0v) is 9.40. The second-order valence-corrected chi connectivity index (χ2v) is 3.58. The van der Waals surface area contributed by atoms with E-state index in [1.807, 2.05) is 0 Å². The van der Waals surface area contributed by atoms with Gasteiger partial charge in [-0.15, -0.1) is 0 Å². The number of nitrogens with two attached hydrogens (primary N) is 1. The van der Waals surface area contributed by atoms with Gasteiger partial charge in [0, 0.05) is 5.02 Å². The molecule has 82 valence electrons. The summed E-state index contributed by atoms with van der Waals surface area (Å²) in [4.78, 5) is 11.1. The van der Waals surface area contributed by atoms with Gasteiger partial charge in [-0.1, -0.05) is 11.6 Å². The van der Waals surface area contributed by atoms with E-state index in [0.29, 0.717) is 10.8 Å². The highest BCUT2D eigenvalue weighted by Gasteiger charge is 2.04. The summed E-state index contributed by atoms with van der Waals surface area (Å²) in [6, 6.07) is 6.76. The van der Waals surface area contributed by atoms with E-state index in [4.69, 9.17) is 33.7 Å². The van der Waals surface area contributed by atoms with Gasteiger partial charge >= 0.3 is 6.01 Å². The number of aromatic nitrogens is 3. The summed E-state index contributed by atoms with van der Waals surface area (Å²) in [6.45, 7) is 0. The fourth-order valence-corrected chi connectivity index (χ4v) is 1.29. The van der Waals surface area contributed by atoms with Gasteiger partial charge in [0.2, 0.25) is 11.2 Å². The normalized spacial score (nSPS) is 10.1. The summed E-state index contributed by atoms with van der Waals surface area (Å²) in [6.07, 6.45) is 0. The quantitative estimate of drug-likeness (QED) is 0.894. The van der Waals surface area contributed by atoms with Gasteiger partial charge in [0.15, 0.2) is 0 Å². The third-order valence-electron chi connectivity index (χ3n) is 1.63. The van der Waals surface area contributed by atoms with Crippen LogP contribution in [0.3, 0.4) is 0 Å². The van der Waals surface area contributed by atoms with Crippen LogP contribution in [0.25, 0.3) is 0 Å². The number of hydrogen-bond acceptors (Lipinski definition) is 5. The highest BCUT2D eigenvalue weighted by Crippen LogP contribution is 2.21. The van der Waals surface area contributed by atoms with Gasteiger partial charge in [-0.05, 0) is 35.9 Å². The molecule has 0 fully saturated rings. The zero-order valence-electron chi connectivity index (χ0n) is 7.89. The summed E-state index contributed by atoms with van der Waals surface area (Å²) in [5.74, 6) is 0.537. The third kappa shape index (κ3) is 2.71. The first-order chi connectivity index (χ1) is 7.63. The Balaban J connectivity index is 2.23. The molecule has 0 spiro atoms. The summed E-state index contributed by atoms with van der Waals surface area (Å²) >= 11 is 11.3. The van der Waals surface area contributed by atoms with E-state index in [1.54, 1.807) is 24.3 Å². The van der Waals surface area contributed by atoms with Crippen molar-refractivity contribution in [3.63, 3.8) is 0 Å². The predicted octanol–water partition coefficient (Wildman–Crippen LogP) is 2.55. The molecule has 1 aromatic carbocycles. The molecular formula is C9H6Cl2N4O. The monoisotopic (exact) mass is 256 g/mol. The molecule has 2 aromatic rings. The standard InChI is InChI=1S/C9H6Cl2N4O/c10-5-1-3-6(4-2-5)16-9-14-7(11)13-8(12)15-9/h1-4H,(H2,12,13,14,15). The van der Waals surface area contributed by atoms with Crippen molar-refractivity contribution in [3.8, 4) is 11.8 Å². The third-order valence-corrected chi connectivity index (χ3v) is 2.05. The van der Waals surface area contributed by atoms with Gasteiger partial charge < -0.3 is 10.5 Å². The van der Waals surface area contributed by atoms with Crippen molar-refractivity contribution in [3.05, 3.63) is 34.6 Å². The number of hydrogen-bond donors (Lipinski definition) is 1. The average molecular weight is 257 g/mol. The Morgan fingerprint density at radius 3 is 2.31 bits per heavy atom. The molecule has 0 amide bonds. The van der Waals surface area contributed by atoms with Crippen LogP contribution >= 0.6 is 23.2 Å². The minimum absolute atomic E-state index is 0.00367. The fraction of sp³-hybridized carbons (Fsp3) is 0. The second kappa shape index (κ2) is 4.51. The van der Waals surface area contributed by atoms with E-state index >= 15 is 0 Å². The lowest BCUT2D eigenvalue weighted by Crippen LogP contribution is -2.00. The summed E-state index contributed by atoms with van der Waals surface area (Å²) in [7, 11) is 0. The van der Waals surface area contributed by atoms with Gasteiger partial charge in [-0.3, -0.25) is 0 Å². The predicted molar refractivity (Wildman–Crippen MR) is 60.8 cm³/mol. The molecule has 16 heavy (non-hydrogen) atoms. The van der Waals surface area contributed by atoms with Crippen LogP contribution in [0.4, 0.5) is 5.95 Å². The van der Waals surface area contributed by atoms with Gasteiger partial charge in [-0.2, -0.15) is 15.0 Å². The summed E-state index contributed by atoms with van der Waals surface area (Å²) < 4.78 is 5.31. The van der Waals surface area contributed by atoms with Crippen LogP contribution < -0.4 is 10.5 Å². The molecule has 0 atom stereocenters. The van der Waals surface area contributed by atoms with E-state index in [9.17, 15) is 0 Å². The Bertz CT molecular complexity index is 483. The maximum absolute atomic E-state index is 5.73. The molecule has 2 rings (SSSR count). The molecule has 1 aromatic heterocycles. The minimum Gasteiger partial charge on any atom is -0.424 e. The van der Waals surface area contributed by atoms with Gasteiger partial charge in [0.1, 0.15) is 5.75 Å². The van der Waals surface area contributed by atoms with Crippen molar-refractivity contribution in [1.82, 2.24) is 15.0 Å². The molecule has 7 heteroatoms. The first-order valence-electron chi connectivity index (χ1n) is 4.24. The zero-order chi connectivity index (χ0) is 11.5. The van der Waals surface area contributed by atoms with Crippen LogP contribution in [0.2, 0.25) is 10.3 Å². The molecule has 0 aliphatic heterocycles. The molecule has 0 saturated heterocycles. The first-order valence-corrected chi connectivity index (χ1v) is 4.99. The first kappa shape index (κ1) is 10.9. The number of benzene rings is 1. The largest absolute Gasteiger partial charge is 0.424 e. The Morgan fingerprint density at radius 2 is 1.69 bits per heavy atom. The number of nitrogen functional groups attached to an aromatic ring is 1. The molecule has 2 N–H and O–H groups in total. The van der Waals surface area contributed by atoms with Gasteiger partial charge in [0.25, 0.3) is 0 Å². The van der Waals surface area contributed by atoms with E-state index in [2.05, 4.69) is 15.0 Å². The highest BCUT2D eigenvalue weighted by molar-refractivity contribution is 6.30. The molecule has 0 aliphatic rings. The molecule has 0 unspecified atom stereocenters. The van der Waals surface area contributed by atoms with Crippen molar-refractivity contribution >= 4 is 29.2 Å². The molecule has 0 aliphatic carbocycles. The number of ether oxygens (including phenoxy) is 1. The number of halogens is 2. The SMILES string of the molecule is Nc1nc(Cl)nc(Oc2ccc(Cl)cc2)n1. The van der Waals surface area contributed by atoms with E-state index in [1.165, 1.54) is 0 Å². The van der Waals surface area contributed by atoms with E-state index in [-0.39, 0.29) is 17.2 Å². The average Bonchev–Trinajstić information content (AvgIpc) is 2.20. The Kier molecular flexibility index (Phi) is 3.07. The lowest BCUT2D eigenvalue weighted by atomic mass is 10.3. The lowest BCUT2D eigenvalue weighted by molar-refractivity contribution is 0.441. The van der Waals surface area contributed by atoms with Crippen LogP contribution in [0, 0.1) is 0 Å². The van der Waals surface area contributed by atoms with Crippen LogP contribution in [0.1, 0.15) is 0 Å². The number of rotatable bonds is 2. The molecule has 1 heterocycles. The molecule has 0 bridgehead atoms. The minimum atomic E-state index is -0.0172. The van der Waals surface area contributed by atoms with E-state index < -0.39 is 0 Å². The molecule has 0 radical (unpaired) electrons. The molecule has 0 saturated carbocycles. The van der Waals surface area contributed by atoms with Crippen molar-refractivity contribution in [2.45, 2.75) is 0 Å². The van der Waals surface area contributed by atoms with Crippen molar-refractivity contribution in [1.29, 1.82) is 0 Å². The lowest BCUT2D eigenvalue weighted by Gasteiger charge is -2.03. The van der Waals surface area contributed by atoms with Crippen LogP contribution in [0.5, 0.6) is 11.8 Å². The maximum Gasteiger partial charge on any atom is 0.328 e. The van der Waals surface area contributed by atoms with Crippen LogP contribution in [0.15, 0.2) is 24.3 Å². The maximum atomic E-state index is 5.73. The van der Waals surface area contributed by atoms with Crippen LogP contribution in [-0.4, -0.2) is 15.0 Å². The summed E-state index contributed by atoms with van der Waals surface area (Å²) in [5.41, 5.74) is 5.39. The Hall–Kier alpha value is -1.59. The van der Waals surface area contributed by atoms with Crippen molar-refractivity contribution < 1.29 is 4.74 Å². The summed E-state index contributed by atoms with van der Waals surface area (Å²) in [5, 5.41) is 0.594. The fourth-order valence-electron chi connectivity index (χ4n) is 1.00. The Labute approximate surface area is 101 Å². The smallest absolute Gasteiger partial charge is 0.328 e. The number of nitrogens with zero attached hydrogens (tertiary/aromatic N) is 3. The van der Waals surface area contributed by atoms with Crippen LogP contribution in [-0.2, 0) is 0 Å².